The highest BCUT2D eigenvalue weighted by Gasteiger charge is 2.30. The van der Waals surface area contributed by atoms with Crippen molar-refractivity contribution >= 4 is 11.8 Å². The van der Waals surface area contributed by atoms with Crippen LogP contribution < -0.4 is 5.56 Å². The van der Waals surface area contributed by atoms with Crippen molar-refractivity contribution in [2.45, 2.75) is 38.6 Å². The Bertz CT molecular complexity index is 1000. The number of hydrogen-bond acceptors (Lipinski definition) is 4. The first-order chi connectivity index (χ1) is 13.9. The highest BCUT2D eigenvalue weighted by molar-refractivity contribution is 5.79. The number of rotatable bonds is 3. The second kappa shape index (κ2) is 7.77. The first-order valence-corrected chi connectivity index (χ1v) is 9.80. The lowest BCUT2D eigenvalue weighted by atomic mass is 10.0. The minimum Gasteiger partial charge on any atom is -0.342 e. The summed E-state index contributed by atoms with van der Waals surface area (Å²) in [6, 6.07) is 5.93. The minimum atomic E-state index is -0.326. The molecule has 0 saturated carbocycles. The Balaban J connectivity index is 1.46. The van der Waals surface area contributed by atoms with E-state index in [2.05, 4.69) is 9.97 Å². The van der Waals surface area contributed by atoms with Crippen LogP contribution in [-0.4, -0.2) is 51.2 Å². The van der Waals surface area contributed by atoms with Crippen LogP contribution in [0.2, 0.25) is 0 Å². The summed E-state index contributed by atoms with van der Waals surface area (Å²) >= 11 is 0. The van der Waals surface area contributed by atoms with E-state index in [0.29, 0.717) is 56.1 Å². The molecule has 1 fully saturated rings. The average Bonchev–Trinajstić information content (AvgIpc) is 3.19. The number of H-pyrrole nitrogens is 1. The molecule has 1 aromatic carbocycles. The summed E-state index contributed by atoms with van der Waals surface area (Å²) in [4.78, 5) is 47.7. The molecule has 1 unspecified atom stereocenters. The van der Waals surface area contributed by atoms with Crippen LogP contribution in [0.5, 0.6) is 0 Å². The molecule has 0 bridgehead atoms. The lowest BCUT2D eigenvalue weighted by molar-refractivity contribution is -0.130. The van der Waals surface area contributed by atoms with Gasteiger partial charge in [-0.15, -0.1) is 0 Å². The van der Waals surface area contributed by atoms with Gasteiger partial charge in [0.05, 0.1) is 18.7 Å². The topological polar surface area (TPSA) is 86.4 Å². The van der Waals surface area contributed by atoms with E-state index in [1.54, 1.807) is 21.9 Å². The molecule has 0 aliphatic carbocycles. The molecule has 2 aliphatic rings. The highest BCUT2D eigenvalue weighted by atomic mass is 19.1. The molecule has 1 N–H and O–H groups in total. The van der Waals surface area contributed by atoms with Gasteiger partial charge in [0, 0.05) is 38.0 Å². The van der Waals surface area contributed by atoms with Gasteiger partial charge in [0.15, 0.2) is 0 Å². The molecule has 152 valence electrons. The Morgan fingerprint density at radius 1 is 1.21 bits per heavy atom. The third kappa shape index (κ3) is 4.06. The zero-order chi connectivity index (χ0) is 20.5. The molecule has 2 aromatic rings. The fraction of sp³-hybridized carbons (Fsp3) is 0.429. The van der Waals surface area contributed by atoms with Gasteiger partial charge < -0.3 is 14.8 Å². The highest BCUT2D eigenvalue weighted by Crippen LogP contribution is 2.26. The second-order valence-electron chi connectivity index (χ2n) is 7.70. The number of carbonyl (C=O) groups is 2. The van der Waals surface area contributed by atoms with E-state index in [1.807, 2.05) is 0 Å². The lowest BCUT2D eigenvalue weighted by Crippen LogP contribution is -2.38. The molecule has 7 nitrogen and oxygen atoms in total. The number of fused-ring (bicyclic) bond motifs is 1. The van der Waals surface area contributed by atoms with Crippen LogP contribution in [0.25, 0.3) is 0 Å². The van der Waals surface area contributed by atoms with Crippen molar-refractivity contribution in [3.05, 3.63) is 63.1 Å². The van der Waals surface area contributed by atoms with E-state index in [1.165, 1.54) is 19.1 Å². The van der Waals surface area contributed by atoms with Gasteiger partial charge in [-0.1, -0.05) is 12.1 Å². The molecule has 0 radical (unpaired) electrons. The Morgan fingerprint density at radius 3 is 2.69 bits per heavy atom. The Morgan fingerprint density at radius 2 is 1.97 bits per heavy atom. The molecule has 29 heavy (non-hydrogen) atoms. The van der Waals surface area contributed by atoms with Crippen LogP contribution in [0, 0.1) is 5.82 Å². The van der Waals surface area contributed by atoms with Gasteiger partial charge in [0.1, 0.15) is 11.6 Å². The van der Waals surface area contributed by atoms with Crippen LogP contribution >= 0.6 is 0 Å². The Hall–Kier alpha value is -3.03. The summed E-state index contributed by atoms with van der Waals surface area (Å²) < 4.78 is 13.0. The van der Waals surface area contributed by atoms with Crippen LogP contribution in [0.1, 0.15) is 41.9 Å². The summed E-state index contributed by atoms with van der Waals surface area (Å²) in [6.07, 6.45) is 1.44. The van der Waals surface area contributed by atoms with Crippen LogP contribution in [0.3, 0.4) is 0 Å². The molecule has 8 heteroatoms. The Labute approximate surface area is 167 Å². The summed E-state index contributed by atoms with van der Waals surface area (Å²) in [5.41, 5.74) is 1.92. The smallest absolute Gasteiger partial charge is 0.254 e. The van der Waals surface area contributed by atoms with Gasteiger partial charge in [-0.05, 0) is 30.5 Å². The maximum Gasteiger partial charge on any atom is 0.254 e. The fourth-order valence-corrected chi connectivity index (χ4v) is 4.02. The normalized spacial score (nSPS) is 18.6. The van der Waals surface area contributed by atoms with Crippen molar-refractivity contribution in [2.24, 2.45) is 0 Å². The number of nitrogens with zero attached hydrogens (tertiary/aromatic N) is 3. The number of likely N-dealkylation sites (tertiary alicyclic amines) is 1. The van der Waals surface area contributed by atoms with Crippen LogP contribution in [0.15, 0.2) is 29.1 Å². The van der Waals surface area contributed by atoms with Gasteiger partial charge >= 0.3 is 0 Å². The van der Waals surface area contributed by atoms with E-state index < -0.39 is 0 Å². The average molecular weight is 398 g/mol. The maximum atomic E-state index is 13.0. The molecule has 0 spiro atoms. The number of aromatic amines is 1. The van der Waals surface area contributed by atoms with Crippen LogP contribution in [-0.2, 0) is 29.0 Å². The van der Waals surface area contributed by atoms with Crippen molar-refractivity contribution < 1.29 is 14.0 Å². The van der Waals surface area contributed by atoms with E-state index in [4.69, 9.17) is 0 Å². The second-order valence-corrected chi connectivity index (χ2v) is 7.70. The van der Waals surface area contributed by atoms with Crippen molar-refractivity contribution in [1.82, 2.24) is 19.8 Å². The molecule has 4 rings (SSSR count). The summed E-state index contributed by atoms with van der Waals surface area (Å²) in [6.45, 7) is 3.47. The van der Waals surface area contributed by atoms with E-state index in [9.17, 15) is 18.8 Å². The molecule has 2 amide bonds. The monoisotopic (exact) mass is 398 g/mol. The number of benzene rings is 1. The van der Waals surface area contributed by atoms with Gasteiger partial charge in [-0.2, -0.15) is 0 Å². The quantitative estimate of drug-likeness (QED) is 0.846. The molecule has 2 aliphatic heterocycles. The predicted molar refractivity (Wildman–Crippen MR) is 104 cm³/mol. The number of nitrogens with one attached hydrogen (secondary N) is 1. The standard InChI is InChI=1S/C21H23FN4O3/c1-13(27)25-9-7-17-18(12-25)23-20(24-21(17)29)15-6-8-26(11-15)19(28)10-14-2-4-16(22)5-3-14/h2-5,15H,6-12H2,1H3,(H,23,24,29). The van der Waals surface area contributed by atoms with Crippen molar-refractivity contribution in [1.29, 1.82) is 0 Å². The van der Waals surface area contributed by atoms with E-state index in [0.717, 1.165) is 5.56 Å². The molecule has 1 atom stereocenters. The molecule has 3 heterocycles. The molecule has 1 aromatic heterocycles. The number of amides is 2. The lowest BCUT2D eigenvalue weighted by Gasteiger charge is -2.27. The molecule has 1 saturated heterocycles. The van der Waals surface area contributed by atoms with Gasteiger partial charge in [-0.25, -0.2) is 9.37 Å². The number of aromatic nitrogens is 2. The summed E-state index contributed by atoms with van der Waals surface area (Å²) in [5, 5.41) is 0. The zero-order valence-electron chi connectivity index (χ0n) is 16.3. The van der Waals surface area contributed by atoms with Gasteiger partial charge in [0.2, 0.25) is 11.8 Å². The molecular formula is C21H23FN4O3. The van der Waals surface area contributed by atoms with Crippen molar-refractivity contribution in [3.8, 4) is 0 Å². The van der Waals surface area contributed by atoms with Crippen molar-refractivity contribution in [2.75, 3.05) is 19.6 Å². The minimum absolute atomic E-state index is 0.0258. The largest absolute Gasteiger partial charge is 0.342 e. The van der Waals surface area contributed by atoms with E-state index in [-0.39, 0.29) is 35.5 Å². The first kappa shape index (κ1) is 19.3. The first-order valence-electron chi connectivity index (χ1n) is 9.80. The SMILES string of the molecule is CC(=O)N1CCc2c(nc(C3CCN(C(=O)Cc4ccc(F)cc4)C3)[nH]c2=O)C1. The van der Waals surface area contributed by atoms with Gasteiger partial charge in [-0.3, -0.25) is 14.4 Å². The van der Waals surface area contributed by atoms with Crippen molar-refractivity contribution in [3.63, 3.8) is 0 Å². The summed E-state index contributed by atoms with van der Waals surface area (Å²) in [5.74, 6) is 0.155. The third-order valence-corrected chi connectivity index (χ3v) is 5.73. The third-order valence-electron chi connectivity index (χ3n) is 5.73. The number of halogens is 1. The van der Waals surface area contributed by atoms with Gasteiger partial charge in [0.25, 0.3) is 5.56 Å². The number of hydrogen-bond donors (Lipinski definition) is 1. The molecular weight excluding hydrogens is 375 g/mol. The van der Waals surface area contributed by atoms with Crippen LogP contribution in [0.4, 0.5) is 4.39 Å². The number of carbonyl (C=O) groups excluding carboxylic acids is 2. The zero-order valence-corrected chi connectivity index (χ0v) is 16.3. The van der Waals surface area contributed by atoms with E-state index >= 15 is 0 Å². The Kier molecular flexibility index (Phi) is 5.17. The fourth-order valence-electron chi connectivity index (χ4n) is 4.02. The predicted octanol–water partition coefficient (Wildman–Crippen LogP) is 1.37. The maximum absolute atomic E-state index is 13.0. The summed E-state index contributed by atoms with van der Waals surface area (Å²) in [7, 11) is 0.